The Bertz CT molecular complexity index is 1140. The molecule has 0 bridgehead atoms. The van der Waals surface area contributed by atoms with E-state index < -0.39 is 0 Å². The van der Waals surface area contributed by atoms with E-state index in [0.717, 1.165) is 33.3 Å². The van der Waals surface area contributed by atoms with E-state index in [4.69, 9.17) is 20.2 Å². The Balaban J connectivity index is 1.57. The number of fused-ring (bicyclic) bond motifs is 5. The van der Waals surface area contributed by atoms with Gasteiger partial charge in [0.2, 0.25) is 0 Å². The summed E-state index contributed by atoms with van der Waals surface area (Å²) in [5, 5.41) is 1.05. The highest BCUT2D eigenvalue weighted by Gasteiger charge is 2.30. The van der Waals surface area contributed by atoms with Gasteiger partial charge in [0, 0.05) is 5.39 Å². The van der Waals surface area contributed by atoms with Gasteiger partial charge in [0.15, 0.2) is 5.82 Å². The predicted octanol–water partition coefficient (Wildman–Crippen LogP) is 3.84. The van der Waals surface area contributed by atoms with Crippen molar-refractivity contribution in [2.75, 3.05) is 12.3 Å². The van der Waals surface area contributed by atoms with Crippen molar-refractivity contribution in [1.29, 1.82) is 0 Å². The van der Waals surface area contributed by atoms with Crippen molar-refractivity contribution in [2.45, 2.75) is 32.3 Å². The lowest BCUT2D eigenvalue weighted by atomic mass is 10.1. The van der Waals surface area contributed by atoms with Crippen molar-refractivity contribution in [3.8, 4) is 0 Å². The average molecular weight is 374 g/mol. The topological polar surface area (TPSA) is 75.2 Å². The van der Waals surface area contributed by atoms with E-state index in [9.17, 15) is 0 Å². The number of hydrogen-bond acceptors (Lipinski definition) is 5. The van der Waals surface area contributed by atoms with Crippen LogP contribution in [0.25, 0.3) is 21.9 Å². The van der Waals surface area contributed by atoms with Crippen LogP contribution in [0.5, 0.6) is 0 Å². The van der Waals surface area contributed by atoms with Crippen LogP contribution in [0.2, 0.25) is 0 Å². The van der Waals surface area contributed by atoms with Crippen LogP contribution in [-0.4, -0.2) is 27.2 Å². The Kier molecular flexibility index (Phi) is 4.22. The zero-order valence-electron chi connectivity index (χ0n) is 15.7. The van der Waals surface area contributed by atoms with E-state index >= 15 is 0 Å². The Hall–Kier alpha value is -2.96. The fourth-order valence-electron chi connectivity index (χ4n) is 3.93. The Morgan fingerprint density at radius 2 is 1.93 bits per heavy atom. The molecule has 6 heteroatoms. The molecule has 0 radical (unpaired) electrons. The second-order valence-electron chi connectivity index (χ2n) is 7.19. The first-order valence-corrected chi connectivity index (χ1v) is 9.50. The molecule has 5 rings (SSSR count). The summed E-state index contributed by atoms with van der Waals surface area (Å²) in [4.78, 5) is 9.27. The summed E-state index contributed by atoms with van der Waals surface area (Å²) in [6.07, 6.45) is -0.0511. The predicted molar refractivity (Wildman–Crippen MR) is 109 cm³/mol. The van der Waals surface area contributed by atoms with Gasteiger partial charge >= 0.3 is 0 Å². The molecule has 6 nitrogen and oxygen atoms in total. The van der Waals surface area contributed by atoms with Crippen LogP contribution in [0.4, 0.5) is 5.82 Å². The summed E-state index contributed by atoms with van der Waals surface area (Å²) in [5.74, 6) is 1.32. The number of pyridine rings is 1. The number of nitrogens with two attached hydrogens (primary N) is 1. The fourth-order valence-corrected chi connectivity index (χ4v) is 3.93. The third-order valence-electron chi connectivity index (χ3n) is 5.38. The van der Waals surface area contributed by atoms with E-state index in [1.54, 1.807) is 0 Å². The molecule has 1 aliphatic heterocycles. The molecule has 28 heavy (non-hydrogen) atoms. The van der Waals surface area contributed by atoms with Crippen molar-refractivity contribution in [3.05, 3.63) is 66.0 Å². The van der Waals surface area contributed by atoms with Crippen molar-refractivity contribution < 1.29 is 9.47 Å². The molecule has 4 aromatic rings. The second-order valence-corrected chi connectivity index (χ2v) is 7.19. The van der Waals surface area contributed by atoms with E-state index in [-0.39, 0.29) is 12.1 Å². The van der Waals surface area contributed by atoms with E-state index in [1.807, 2.05) is 36.4 Å². The van der Waals surface area contributed by atoms with Crippen molar-refractivity contribution in [2.24, 2.45) is 0 Å². The molecule has 2 aromatic carbocycles. The van der Waals surface area contributed by atoms with Gasteiger partial charge in [-0.15, -0.1) is 0 Å². The zero-order valence-corrected chi connectivity index (χ0v) is 15.7. The molecule has 0 spiro atoms. The molecule has 3 heterocycles. The number of nitrogens with zero attached hydrogens (tertiary/aromatic N) is 3. The third kappa shape index (κ3) is 2.82. The fraction of sp³-hybridized carbons (Fsp3) is 0.273. The van der Waals surface area contributed by atoms with Crippen LogP contribution in [-0.2, 0) is 22.7 Å². The normalized spacial score (nSPS) is 17.7. The molecule has 2 N–H and O–H groups in total. The van der Waals surface area contributed by atoms with Gasteiger partial charge < -0.3 is 19.8 Å². The van der Waals surface area contributed by atoms with Gasteiger partial charge in [-0.1, -0.05) is 48.5 Å². The van der Waals surface area contributed by atoms with Crippen LogP contribution in [0.3, 0.4) is 0 Å². The van der Waals surface area contributed by atoms with Gasteiger partial charge in [0.25, 0.3) is 0 Å². The molecule has 0 saturated carbocycles. The maximum absolute atomic E-state index is 6.23. The minimum absolute atomic E-state index is 0.0164. The maximum atomic E-state index is 6.23. The molecule has 1 aliphatic rings. The number of rotatable bonds is 4. The van der Waals surface area contributed by atoms with E-state index in [2.05, 4.69) is 34.7 Å². The molecule has 2 atom stereocenters. The molecular formula is C22H22N4O2. The van der Waals surface area contributed by atoms with Gasteiger partial charge in [-0.25, -0.2) is 9.97 Å². The van der Waals surface area contributed by atoms with Gasteiger partial charge in [0.05, 0.1) is 36.4 Å². The van der Waals surface area contributed by atoms with Crippen LogP contribution in [0.1, 0.15) is 24.4 Å². The number of aromatic nitrogens is 3. The van der Waals surface area contributed by atoms with E-state index in [1.165, 1.54) is 0 Å². The highest BCUT2D eigenvalue weighted by Crippen LogP contribution is 2.35. The Morgan fingerprint density at radius 3 is 2.79 bits per heavy atom. The lowest BCUT2D eigenvalue weighted by Crippen LogP contribution is -2.33. The Morgan fingerprint density at radius 1 is 1.14 bits per heavy atom. The third-order valence-corrected chi connectivity index (χ3v) is 5.38. The first kappa shape index (κ1) is 17.2. The zero-order chi connectivity index (χ0) is 19.1. The molecule has 0 fully saturated rings. The number of para-hydroxylation sites is 1. The number of nitrogen functional groups attached to an aromatic ring is 1. The summed E-state index contributed by atoms with van der Waals surface area (Å²) >= 11 is 0. The van der Waals surface area contributed by atoms with Gasteiger partial charge in [0.1, 0.15) is 17.9 Å². The second kappa shape index (κ2) is 6.89. The highest BCUT2D eigenvalue weighted by atomic mass is 16.5. The first-order valence-electron chi connectivity index (χ1n) is 9.50. The quantitative estimate of drug-likeness (QED) is 0.587. The SMILES string of the molecule is C[C@@H](OCc1ccccc1)[C@H]1COCc2nc3c(N)nc4ccccc4c3n21. The van der Waals surface area contributed by atoms with Crippen LogP contribution in [0.15, 0.2) is 54.6 Å². The van der Waals surface area contributed by atoms with Gasteiger partial charge in [-0.3, -0.25) is 0 Å². The molecule has 2 aromatic heterocycles. The molecule has 142 valence electrons. The summed E-state index contributed by atoms with van der Waals surface area (Å²) < 4.78 is 14.3. The average Bonchev–Trinajstić information content (AvgIpc) is 3.14. The smallest absolute Gasteiger partial charge is 0.152 e. The number of hydrogen-bond donors (Lipinski definition) is 1. The summed E-state index contributed by atoms with van der Waals surface area (Å²) in [6.45, 7) is 3.69. The number of anilines is 1. The van der Waals surface area contributed by atoms with Gasteiger partial charge in [-0.05, 0) is 18.6 Å². The molecule has 0 amide bonds. The summed E-state index contributed by atoms with van der Waals surface area (Å²) in [5.41, 5.74) is 10.0. The van der Waals surface area contributed by atoms with E-state index in [0.29, 0.717) is 25.6 Å². The lowest BCUT2D eigenvalue weighted by Gasteiger charge is -2.31. The standard InChI is InChI=1S/C22H22N4O2/c1-14(28-11-15-7-3-2-4-8-15)18-12-27-13-19-25-20-21(26(18)19)16-9-5-6-10-17(16)24-22(20)23/h2-10,14,18H,11-13H2,1H3,(H2,23,24)/t14-,18-/m1/s1. The largest absolute Gasteiger partial charge is 0.382 e. The summed E-state index contributed by atoms with van der Waals surface area (Å²) in [7, 11) is 0. The summed E-state index contributed by atoms with van der Waals surface area (Å²) in [6, 6.07) is 18.3. The van der Waals surface area contributed by atoms with Crippen molar-refractivity contribution >= 4 is 27.8 Å². The molecule has 0 unspecified atom stereocenters. The van der Waals surface area contributed by atoms with Crippen LogP contribution < -0.4 is 5.73 Å². The number of imidazole rings is 1. The molecular weight excluding hydrogens is 352 g/mol. The molecule has 0 aliphatic carbocycles. The Labute approximate surface area is 162 Å². The number of ether oxygens (including phenoxy) is 2. The lowest BCUT2D eigenvalue weighted by molar-refractivity contribution is -0.0356. The minimum Gasteiger partial charge on any atom is -0.382 e. The number of benzene rings is 2. The monoisotopic (exact) mass is 374 g/mol. The van der Waals surface area contributed by atoms with Gasteiger partial charge in [-0.2, -0.15) is 0 Å². The minimum atomic E-state index is -0.0511. The van der Waals surface area contributed by atoms with Crippen molar-refractivity contribution in [1.82, 2.24) is 14.5 Å². The first-order chi connectivity index (χ1) is 13.7. The van der Waals surface area contributed by atoms with Crippen LogP contribution in [0, 0.1) is 0 Å². The highest BCUT2D eigenvalue weighted by molar-refractivity contribution is 6.06. The van der Waals surface area contributed by atoms with Crippen molar-refractivity contribution in [3.63, 3.8) is 0 Å². The maximum Gasteiger partial charge on any atom is 0.152 e. The molecule has 0 saturated heterocycles. The van der Waals surface area contributed by atoms with Crippen LogP contribution >= 0.6 is 0 Å².